The Morgan fingerprint density at radius 2 is 1.43 bits per heavy atom. The van der Waals surface area contributed by atoms with Crippen LogP contribution in [0.4, 0.5) is 10.1 Å². The molecule has 4 nitrogen and oxygen atoms in total. The second-order valence-electron chi connectivity index (χ2n) is 6.64. The van der Waals surface area contributed by atoms with Crippen LogP contribution in [0.15, 0.2) is 78.9 Å². The molecule has 0 unspecified atom stereocenters. The Morgan fingerprint density at radius 1 is 0.786 bits per heavy atom. The number of anilines is 1. The molecule has 1 aliphatic heterocycles. The van der Waals surface area contributed by atoms with E-state index < -0.39 is 0 Å². The average Bonchev–Trinajstić information content (AvgIpc) is 2.75. The minimum absolute atomic E-state index is 0.0697. The number of nitrogens with zero attached hydrogens (tertiary/aromatic N) is 2. The lowest BCUT2D eigenvalue weighted by atomic mass is 10.1. The summed E-state index contributed by atoms with van der Waals surface area (Å²) in [4.78, 5) is 16.8. The number of hydrogen-bond acceptors (Lipinski definition) is 3. The summed E-state index contributed by atoms with van der Waals surface area (Å²) in [6.45, 7) is 2.25. The molecule has 142 valence electrons. The Kier molecular flexibility index (Phi) is 5.24. The van der Waals surface area contributed by atoms with Crippen LogP contribution in [0.1, 0.15) is 10.4 Å². The number of carbonyl (C=O) groups is 1. The minimum atomic E-state index is -0.233. The molecule has 1 heterocycles. The van der Waals surface area contributed by atoms with E-state index in [-0.39, 0.29) is 11.7 Å². The second-order valence-corrected chi connectivity index (χ2v) is 6.64. The first kappa shape index (κ1) is 18.0. The SMILES string of the molecule is O=C(c1ccccc1Oc1ccccc1)N1CCN(c2ccccc2F)CC1. The van der Waals surface area contributed by atoms with Gasteiger partial charge in [-0.1, -0.05) is 42.5 Å². The lowest BCUT2D eigenvalue weighted by molar-refractivity contribution is 0.0744. The first-order chi connectivity index (χ1) is 13.7. The van der Waals surface area contributed by atoms with Crippen LogP contribution < -0.4 is 9.64 Å². The van der Waals surface area contributed by atoms with Gasteiger partial charge in [0.1, 0.15) is 17.3 Å². The molecule has 0 bridgehead atoms. The van der Waals surface area contributed by atoms with Crippen LogP contribution in [0.25, 0.3) is 0 Å². The molecular formula is C23H21FN2O2. The molecule has 1 aliphatic rings. The van der Waals surface area contributed by atoms with Crippen molar-refractivity contribution in [2.45, 2.75) is 0 Å². The summed E-state index contributed by atoms with van der Waals surface area (Å²) in [6.07, 6.45) is 0. The van der Waals surface area contributed by atoms with Crippen molar-refractivity contribution < 1.29 is 13.9 Å². The molecule has 3 aromatic carbocycles. The van der Waals surface area contributed by atoms with E-state index in [2.05, 4.69) is 0 Å². The van der Waals surface area contributed by atoms with Gasteiger partial charge >= 0.3 is 0 Å². The van der Waals surface area contributed by atoms with Crippen molar-refractivity contribution in [1.82, 2.24) is 4.90 Å². The van der Waals surface area contributed by atoms with Crippen LogP contribution in [0.5, 0.6) is 11.5 Å². The molecule has 1 saturated heterocycles. The largest absolute Gasteiger partial charge is 0.457 e. The van der Waals surface area contributed by atoms with E-state index in [1.165, 1.54) is 6.07 Å². The van der Waals surface area contributed by atoms with Gasteiger partial charge < -0.3 is 14.5 Å². The van der Waals surface area contributed by atoms with E-state index in [4.69, 9.17) is 4.74 Å². The highest BCUT2D eigenvalue weighted by molar-refractivity contribution is 5.97. The topological polar surface area (TPSA) is 32.8 Å². The molecule has 1 fully saturated rings. The van der Waals surface area contributed by atoms with Crippen molar-refractivity contribution in [3.05, 3.63) is 90.2 Å². The number of benzene rings is 3. The first-order valence-corrected chi connectivity index (χ1v) is 9.33. The summed E-state index contributed by atoms with van der Waals surface area (Å²) in [5, 5.41) is 0. The Hall–Kier alpha value is -3.34. The Labute approximate surface area is 163 Å². The summed E-state index contributed by atoms with van der Waals surface area (Å²) < 4.78 is 19.9. The fourth-order valence-electron chi connectivity index (χ4n) is 3.38. The summed E-state index contributed by atoms with van der Waals surface area (Å²) in [7, 11) is 0. The highest BCUT2D eigenvalue weighted by Gasteiger charge is 2.25. The van der Waals surface area contributed by atoms with Crippen molar-refractivity contribution in [2.24, 2.45) is 0 Å². The zero-order valence-electron chi connectivity index (χ0n) is 15.4. The van der Waals surface area contributed by atoms with Gasteiger partial charge in [-0.25, -0.2) is 4.39 Å². The van der Waals surface area contributed by atoms with Crippen molar-refractivity contribution >= 4 is 11.6 Å². The number of rotatable bonds is 4. The molecule has 0 atom stereocenters. The van der Waals surface area contributed by atoms with Gasteiger partial charge in [0.2, 0.25) is 0 Å². The lowest BCUT2D eigenvalue weighted by Crippen LogP contribution is -2.49. The molecule has 4 rings (SSSR count). The Morgan fingerprint density at radius 3 is 2.18 bits per heavy atom. The normalized spacial score (nSPS) is 14.0. The second kappa shape index (κ2) is 8.13. The van der Waals surface area contributed by atoms with Crippen LogP contribution in [-0.2, 0) is 0 Å². The number of para-hydroxylation sites is 3. The van der Waals surface area contributed by atoms with Crippen molar-refractivity contribution in [1.29, 1.82) is 0 Å². The molecule has 0 aromatic heterocycles. The molecule has 0 N–H and O–H groups in total. The molecule has 1 amide bonds. The van der Waals surface area contributed by atoms with Crippen molar-refractivity contribution in [3.8, 4) is 11.5 Å². The van der Waals surface area contributed by atoms with Crippen LogP contribution in [-0.4, -0.2) is 37.0 Å². The van der Waals surface area contributed by atoms with Crippen LogP contribution >= 0.6 is 0 Å². The van der Waals surface area contributed by atoms with Crippen LogP contribution in [0.3, 0.4) is 0 Å². The molecule has 0 radical (unpaired) electrons. The predicted molar refractivity (Wildman–Crippen MR) is 107 cm³/mol. The predicted octanol–water partition coefficient (Wildman–Crippen LogP) is 4.58. The molecule has 3 aromatic rings. The average molecular weight is 376 g/mol. The summed E-state index contributed by atoms with van der Waals surface area (Å²) in [5.41, 5.74) is 1.12. The summed E-state index contributed by atoms with van der Waals surface area (Å²) in [5.74, 6) is 0.922. The Bertz CT molecular complexity index is 954. The first-order valence-electron chi connectivity index (χ1n) is 9.33. The zero-order valence-corrected chi connectivity index (χ0v) is 15.4. The molecule has 0 spiro atoms. The number of piperazine rings is 1. The maximum atomic E-state index is 14.0. The number of carbonyl (C=O) groups excluding carboxylic acids is 1. The van der Waals surface area contributed by atoms with E-state index in [1.54, 1.807) is 29.2 Å². The maximum absolute atomic E-state index is 14.0. The standard InChI is InChI=1S/C23H21FN2O2/c24-20-11-5-6-12-21(20)25-14-16-26(17-15-25)23(27)19-10-4-7-13-22(19)28-18-8-2-1-3-9-18/h1-13H,14-17H2. The molecule has 0 aliphatic carbocycles. The fraction of sp³-hybridized carbons (Fsp3) is 0.174. The molecule has 28 heavy (non-hydrogen) atoms. The van der Waals surface area contributed by atoms with Gasteiger partial charge in [0, 0.05) is 26.2 Å². The summed E-state index contributed by atoms with van der Waals surface area (Å²) >= 11 is 0. The number of amides is 1. The molecule has 0 saturated carbocycles. The van der Waals surface area contributed by atoms with Gasteiger partial charge in [-0.3, -0.25) is 4.79 Å². The fourth-order valence-corrected chi connectivity index (χ4v) is 3.38. The van der Waals surface area contributed by atoms with Crippen molar-refractivity contribution in [2.75, 3.05) is 31.1 Å². The van der Waals surface area contributed by atoms with E-state index in [1.807, 2.05) is 53.4 Å². The van der Waals surface area contributed by atoms with Gasteiger partial charge in [-0.15, -0.1) is 0 Å². The summed E-state index contributed by atoms with van der Waals surface area (Å²) in [6, 6.07) is 23.4. The Balaban J connectivity index is 1.47. The monoisotopic (exact) mass is 376 g/mol. The number of halogens is 1. The van der Waals surface area contributed by atoms with Crippen LogP contribution in [0.2, 0.25) is 0 Å². The van der Waals surface area contributed by atoms with Gasteiger partial charge in [0.15, 0.2) is 0 Å². The number of ether oxygens (including phenoxy) is 1. The zero-order chi connectivity index (χ0) is 19.3. The highest BCUT2D eigenvalue weighted by Crippen LogP contribution is 2.27. The van der Waals surface area contributed by atoms with E-state index in [0.717, 1.165) is 0 Å². The third-order valence-electron chi connectivity index (χ3n) is 4.85. The highest BCUT2D eigenvalue weighted by atomic mass is 19.1. The van der Waals surface area contributed by atoms with E-state index >= 15 is 0 Å². The lowest BCUT2D eigenvalue weighted by Gasteiger charge is -2.36. The van der Waals surface area contributed by atoms with Gasteiger partial charge in [-0.2, -0.15) is 0 Å². The van der Waals surface area contributed by atoms with Crippen molar-refractivity contribution in [3.63, 3.8) is 0 Å². The van der Waals surface area contributed by atoms with Gasteiger partial charge in [0.05, 0.1) is 11.3 Å². The quantitative estimate of drug-likeness (QED) is 0.668. The van der Waals surface area contributed by atoms with Gasteiger partial charge in [-0.05, 0) is 36.4 Å². The minimum Gasteiger partial charge on any atom is -0.457 e. The third kappa shape index (κ3) is 3.83. The number of hydrogen-bond donors (Lipinski definition) is 0. The van der Waals surface area contributed by atoms with E-state index in [0.29, 0.717) is 48.9 Å². The smallest absolute Gasteiger partial charge is 0.257 e. The maximum Gasteiger partial charge on any atom is 0.257 e. The van der Waals surface area contributed by atoms with Crippen LogP contribution in [0, 0.1) is 5.82 Å². The van der Waals surface area contributed by atoms with Gasteiger partial charge in [0.25, 0.3) is 5.91 Å². The molecule has 5 heteroatoms. The molecular weight excluding hydrogens is 355 g/mol. The third-order valence-corrected chi connectivity index (χ3v) is 4.85. The van der Waals surface area contributed by atoms with E-state index in [9.17, 15) is 9.18 Å².